The standard InChI is InChI=1S/C40H80O/c1-5-9-13-17-21-23-25-29-33-37-40(35-31-27-19-15-11-7-3,36-32-28-20-16-12-8-4)39(38-41)34-30-26-24-22-18-14-10-6-2/h38-39H,5-37H2,1-4H3. The molecule has 1 unspecified atom stereocenters. The maximum absolute atomic E-state index is 12.8. The summed E-state index contributed by atoms with van der Waals surface area (Å²) < 4.78 is 0. The van der Waals surface area contributed by atoms with Crippen molar-refractivity contribution in [2.45, 2.75) is 240 Å². The quantitative estimate of drug-likeness (QED) is 0.0541. The smallest absolute Gasteiger partial charge is 0.123 e. The molecule has 0 aromatic carbocycles. The van der Waals surface area contributed by atoms with Gasteiger partial charge in [0.2, 0.25) is 0 Å². The van der Waals surface area contributed by atoms with E-state index in [0.29, 0.717) is 5.92 Å². The molecule has 1 heteroatoms. The molecule has 0 aliphatic carbocycles. The van der Waals surface area contributed by atoms with Crippen molar-refractivity contribution in [2.24, 2.45) is 11.3 Å². The molecule has 0 aromatic heterocycles. The fourth-order valence-corrected chi connectivity index (χ4v) is 7.25. The fourth-order valence-electron chi connectivity index (χ4n) is 7.25. The molecular weight excluding hydrogens is 496 g/mol. The van der Waals surface area contributed by atoms with Crippen LogP contribution >= 0.6 is 0 Å². The highest BCUT2D eigenvalue weighted by Gasteiger charge is 2.36. The second-order valence-electron chi connectivity index (χ2n) is 14.0. The molecule has 246 valence electrons. The van der Waals surface area contributed by atoms with E-state index in [1.54, 1.807) is 0 Å². The van der Waals surface area contributed by atoms with Crippen LogP contribution in [0.25, 0.3) is 0 Å². The number of hydrogen-bond acceptors (Lipinski definition) is 1. The summed E-state index contributed by atoms with van der Waals surface area (Å²) in [4.78, 5) is 12.8. The van der Waals surface area contributed by atoms with Crippen LogP contribution < -0.4 is 0 Å². The van der Waals surface area contributed by atoms with Gasteiger partial charge in [0, 0.05) is 5.92 Å². The fraction of sp³-hybridized carbons (Fsp3) is 0.975. The van der Waals surface area contributed by atoms with Crippen molar-refractivity contribution in [3.63, 3.8) is 0 Å². The van der Waals surface area contributed by atoms with Gasteiger partial charge in [-0.1, -0.05) is 214 Å². The molecule has 0 spiro atoms. The van der Waals surface area contributed by atoms with Crippen LogP contribution in [-0.4, -0.2) is 6.29 Å². The number of carbonyl (C=O) groups excluding carboxylic acids is 1. The Morgan fingerprint density at radius 2 is 0.610 bits per heavy atom. The van der Waals surface area contributed by atoms with E-state index in [9.17, 15) is 4.79 Å². The number of aldehydes is 1. The molecule has 0 aliphatic heterocycles. The van der Waals surface area contributed by atoms with Crippen molar-refractivity contribution in [1.82, 2.24) is 0 Å². The lowest BCUT2D eigenvalue weighted by molar-refractivity contribution is -0.116. The first-order valence-corrected chi connectivity index (χ1v) is 19.7. The third kappa shape index (κ3) is 24.8. The summed E-state index contributed by atoms with van der Waals surface area (Å²) in [6.07, 6.45) is 46.5. The van der Waals surface area contributed by atoms with Crippen molar-refractivity contribution in [2.75, 3.05) is 0 Å². The lowest BCUT2D eigenvalue weighted by atomic mass is 9.64. The molecule has 0 N–H and O–H groups in total. The van der Waals surface area contributed by atoms with E-state index in [-0.39, 0.29) is 5.41 Å². The zero-order chi connectivity index (χ0) is 30.1. The molecule has 0 aromatic rings. The van der Waals surface area contributed by atoms with Crippen molar-refractivity contribution < 1.29 is 4.79 Å². The molecule has 0 fully saturated rings. The third-order valence-corrected chi connectivity index (χ3v) is 10.2. The van der Waals surface area contributed by atoms with Gasteiger partial charge in [0.25, 0.3) is 0 Å². The first-order valence-electron chi connectivity index (χ1n) is 19.7. The Hall–Kier alpha value is -0.330. The van der Waals surface area contributed by atoms with Crippen molar-refractivity contribution in [3.05, 3.63) is 0 Å². The molecule has 0 radical (unpaired) electrons. The highest BCUT2D eigenvalue weighted by atomic mass is 16.1. The summed E-state index contributed by atoms with van der Waals surface area (Å²) >= 11 is 0. The molecule has 0 amide bonds. The molecule has 0 saturated carbocycles. The van der Waals surface area contributed by atoms with E-state index in [1.807, 2.05) is 0 Å². The lowest BCUT2D eigenvalue weighted by Gasteiger charge is -2.40. The summed E-state index contributed by atoms with van der Waals surface area (Å²) in [7, 11) is 0. The van der Waals surface area contributed by atoms with Crippen molar-refractivity contribution in [3.8, 4) is 0 Å². The van der Waals surface area contributed by atoms with Crippen LogP contribution in [0, 0.1) is 11.3 Å². The average Bonchev–Trinajstić information content (AvgIpc) is 2.98. The first kappa shape index (κ1) is 40.7. The van der Waals surface area contributed by atoms with E-state index in [1.165, 1.54) is 212 Å². The third-order valence-electron chi connectivity index (χ3n) is 10.2. The Morgan fingerprint density at radius 3 is 0.878 bits per heavy atom. The summed E-state index contributed by atoms with van der Waals surface area (Å²) in [5.41, 5.74) is 0.277. The molecule has 0 rings (SSSR count). The summed E-state index contributed by atoms with van der Waals surface area (Å²) in [5, 5.41) is 0. The lowest BCUT2D eigenvalue weighted by Crippen LogP contribution is -2.32. The Morgan fingerprint density at radius 1 is 0.366 bits per heavy atom. The van der Waals surface area contributed by atoms with Gasteiger partial charge < -0.3 is 4.79 Å². The van der Waals surface area contributed by atoms with Gasteiger partial charge in [0.05, 0.1) is 0 Å². The highest BCUT2D eigenvalue weighted by molar-refractivity contribution is 5.55. The minimum atomic E-state index is 0.277. The topological polar surface area (TPSA) is 17.1 Å². The van der Waals surface area contributed by atoms with E-state index in [2.05, 4.69) is 27.7 Å². The van der Waals surface area contributed by atoms with Crippen LogP contribution in [0.4, 0.5) is 0 Å². The average molecular weight is 577 g/mol. The highest BCUT2D eigenvalue weighted by Crippen LogP contribution is 2.45. The van der Waals surface area contributed by atoms with Crippen molar-refractivity contribution >= 4 is 6.29 Å². The number of rotatable bonds is 35. The van der Waals surface area contributed by atoms with Crippen LogP contribution in [0.5, 0.6) is 0 Å². The normalized spacial score (nSPS) is 12.7. The van der Waals surface area contributed by atoms with E-state index in [0.717, 1.165) is 6.42 Å². The maximum atomic E-state index is 12.8. The molecule has 0 heterocycles. The molecule has 0 bridgehead atoms. The van der Waals surface area contributed by atoms with Gasteiger partial charge in [0.15, 0.2) is 0 Å². The number of carbonyl (C=O) groups is 1. The van der Waals surface area contributed by atoms with Crippen LogP contribution in [0.1, 0.15) is 240 Å². The van der Waals surface area contributed by atoms with E-state index >= 15 is 0 Å². The monoisotopic (exact) mass is 577 g/mol. The molecule has 1 atom stereocenters. The maximum Gasteiger partial charge on any atom is 0.123 e. The van der Waals surface area contributed by atoms with Crippen molar-refractivity contribution in [1.29, 1.82) is 0 Å². The van der Waals surface area contributed by atoms with Gasteiger partial charge in [-0.05, 0) is 31.1 Å². The van der Waals surface area contributed by atoms with Gasteiger partial charge in [-0.2, -0.15) is 0 Å². The zero-order valence-electron chi connectivity index (χ0n) is 29.4. The van der Waals surface area contributed by atoms with Gasteiger partial charge in [0.1, 0.15) is 6.29 Å². The summed E-state index contributed by atoms with van der Waals surface area (Å²) in [5.74, 6) is 0.294. The Bertz CT molecular complexity index is 481. The SMILES string of the molecule is CCCCCCCCCCCC(CCCCCCCC)(CCCCCCCC)C(C=O)CCCCCCCCCC. The molecular formula is C40H80O. The van der Waals surface area contributed by atoms with E-state index < -0.39 is 0 Å². The molecule has 0 saturated heterocycles. The van der Waals surface area contributed by atoms with Crippen LogP contribution in [0.2, 0.25) is 0 Å². The summed E-state index contributed by atoms with van der Waals surface area (Å²) in [6, 6.07) is 0. The molecule has 41 heavy (non-hydrogen) atoms. The van der Waals surface area contributed by atoms with Gasteiger partial charge in [-0.15, -0.1) is 0 Å². The predicted octanol–water partition coefficient (Wildman–Crippen LogP) is 14.7. The second kappa shape index (κ2) is 32.6. The molecule has 1 nitrogen and oxygen atoms in total. The Labute approximate surface area is 261 Å². The minimum Gasteiger partial charge on any atom is -0.303 e. The van der Waals surface area contributed by atoms with Crippen LogP contribution in [-0.2, 0) is 4.79 Å². The van der Waals surface area contributed by atoms with Crippen LogP contribution in [0.15, 0.2) is 0 Å². The Kier molecular flexibility index (Phi) is 32.3. The Balaban J connectivity index is 5.12. The van der Waals surface area contributed by atoms with Gasteiger partial charge in [-0.25, -0.2) is 0 Å². The first-order chi connectivity index (χ1) is 20.2. The second-order valence-corrected chi connectivity index (χ2v) is 14.0. The largest absolute Gasteiger partial charge is 0.303 e. The minimum absolute atomic E-state index is 0.277. The summed E-state index contributed by atoms with van der Waals surface area (Å²) in [6.45, 7) is 9.24. The number of unbranched alkanes of at least 4 members (excludes halogenated alkanes) is 25. The van der Waals surface area contributed by atoms with E-state index in [4.69, 9.17) is 0 Å². The number of hydrogen-bond donors (Lipinski definition) is 0. The van der Waals surface area contributed by atoms with Gasteiger partial charge >= 0.3 is 0 Å². The zero-order valence-corrected chi connectivity index (χ0v) is 29.4. The predicted molar refractivity (Wildman–Crippen MR) is 187 cm³/mol. The molecule has 0 aliphatic rings. The van der Waals surface area contributed by atoms with Crippen LogP contribution in [0.3, 0.4) is 0 Å². The van der Waals surface area contributed by atoms with Gasteiger partial charge in [-0.3, -0.25) is 0 Å².